The van der Waals surface area contributed by atoms with E-state index in [1.54, 1.807) is 25.5 Å². The van der Waals surface area contributed by atoms with Gasteiger partial charge in [0.05, 0.1) is 17.9 Å². The van der Waals surface area contributed by atoms with Crippen LogP contribution in [0.15, 0.2) is 24.5 Å². The highest BCUT2D eigenvalue weighted by Gasteiger charge is 2.19. The summed E-state index contributed by atoms with van der Waals surface area (Å²) >= 11 is 0. The molecule has 0 fully saturated rings. The molecule has 7 nitrogen and oxygen atoms in total. The number of anilines is 2. The summed E-state index contributed by atoms with van der Waals surface area (Å²) < 4.78 is 2.03. The molecular weight excluding hydrogens is 256 g/mol. The van der Waals surface area contributed by atoms with Gasteiger partial charge in [-0.05, 0) is 18.2 Å². The topological polar surface area (TPSA) is 89.1 Å². The van der Waals surface area contributed by atoms with Crippen molar-refractivity contribution in [3.63, 3.8) is 0 Å². The summed E-state index contributed by atoms with van der Waals surface area (Å²) in [6, 6.07) is 5.36. The number of fused-ring (bicyclic) bond motifs is 1. The minimum Gasteiger partial charge on any atom is -0.397 e. The highest BCUT2D eigenvalue weighted by Crippen LogP contribution is 2.27. The van der Waals surface area contributed by atoms with Gasteiger partial charge in [0, 0.05) is 25.7 Å². The van der Waals surface area contributed by atoms with Gasteiger partial charge in [-0.15, -0.1) is 10.2 Å². The summed E-state index contributed by atoms with van der Waals surface area (Å²) in [6.07, 6.45) is 1.74. The Morgan fingerprint density at radius 2 is 2.25 bits per heavy atom. The van der Waals surface area contributed by atoms with Crippen molar-refractivity contribution in [3.05, 3.63) is 35.9 Å². The molecule has 20 heavy (non-hydrogen) atoms. The van der Waals surface area contributed by atoms with Crippen LogP contribution in [0.2, 0.25) is 0 Å². The summed E-state index contributed by atoms with van der Waals surface area (Å²) in [7, 11) is 1.60. The Hall–Kier alpha value is -2.57. The van der Waals surface area contributed by atoms with Crippen LogP contribution in [0.5, 0.6) is 0 Å². The highest BCUT2D eigenvalue weighted by atomic mass is 16.1. The van der Waals surface area contributed by atoms with Gasteiger partial charge in [-0.25, -0.2) is 0 Å². The molecule has 0 radical (unpaired) electrons. The standard InChI is InChI=1S/C13H16N6O/c1-15-13(20)9-2-3-11(10(14)6-9)18-4-5-19-8-16-17-12(19)7-18/h2-3,6,8H,4-5,7,14H2,1H3,(H,15,20). The van der Waals surface area contributed by atoms with Crippen LogP contribution in [0.25, 0.3) is 0 Å². The Bertz CT molecular complexity index is 650. The molecule has 3 N–H and O–H groups in total. The molecule has 2 heterocycles. The quantitative estimate of drug-likeness (QED) is 0.764. The van der Waals surface area contributed by atoms with Crippen molar-refractivity contribution in [1.29, 1.82) is 0 Å². The van der Waals surface area contributed by atoms with E-state index in [0.717, 1.165) is 24.6 Å². The molecule has 2 aromatic rings. The number of nitrogens with one attached hydrogen (secondary N) is 1. The number of rotatable bonds is 2. The second-order valence-electron chi connectivity index (χ2n) is 4.71. The predicted octanol–water partition coefficient (Wildman–Crippen LogP) is 0.240. The molecule has 0 spiro atoms. The minimum atomic E-state index is -0.137. The van der Waals surface area contributed by atoms with Gasteiger partial charge >= 0.3 is 0 Å². The molecule has 3 rings (SSSR count). The molecule has 0 aliphatic carbocycles. The summed E-state index contributed by atoms with van der Waals surface area (Å²) in [5, 5.41) is 10.6. The minimum absolute atomic E-state index is 0.137. The second kappa shape index (κ2) is 4.84. The lowest BCUT2D eigenvalue weighted by molar-refractivity contribution is 0.0963. The molecule has 0 saturated carbocycles. The third kappa shape index (κ3) is 2.07. The van der Waals surface area contributed by atoms with E-state index in [-0.39, 0.29) is 5.91 Å². The van der Waals surface area contributed by atoms with Gasteiger partial charge in [0.2, 0.25) is 0 Å². The molecule has 0 saturated heterocycles. The van der Waals surface area contributed by atoms with E-state index in [1.807, 2.05) is 10.6 Å². The molecule has 104 valence electrons. The first-order chi connectivity index (χ1) is 9.69. The maximum Gasteiger partial charge on any atom is 0.251 e. The third-order valence-electron chi connectivity index (χ3n) is 3.50. The van der Waals surface area contributed by atoms with E-state index in [0.29, 0.717) is 17.8 Å². The molecule has 0 unspecified atom stereocenters. The van der Waals surface area contributed by atoms with Crippen molar-refractivity contribution in [2.24, 2.45) is 0 Å². The number of nitrogens with zero attached hydrogens (tertiary/aromatic N) is 4. The van der Waals surface area contributed by atoms with Crippen molar-refractivity contribution in [3.8, 4) is 0 Å². The van der Waals surface area contributed by atoms with E-state index in [1.165, 1.54) is 0 Å². The molecule has 1 aliphatic heterocycles. The van der Waals surface area contributed by atoms with E-state index in [9.17, 15) is 4.79 Å². The van der Waals surface area contributed by atoms with Crippen molar-refractivity contribution in [2.75, 3.05) is 24.2 Å². The monoisotopic (exact) mass is 272 g/mol. The first-order valence-corrected chi connectivity index (χ1v) is 6.42. The second-order valence-corrected chi connectivity index (χ2v) is 4.71. The zero-order valence-electron chi connectivity index (χ0n) is 11.2. The smallest absolute Gasteiger partial charge is 0.251 e. The van der Waals surface area contributed by atoms with E-state index < -0.39 is 0 Å². The van der Waals surface area contributed by atoms with Crippen molar-refractivity contribution in [2.45, 2.75) is 13.1 Å². The van der Waals surface area contributed by atoms with Crippen LogP contribution in [0, 0.1) is 0 Å². The van der Waals surface area contributed by atoms with Gasteiger partial charge in [-0.2, -0.15) is 0 Å². The Balaban J connectivity index is 1.87. The van der Waals surface area contributed by atoms with Crippen LogP contribution >= 0.6 is 0 Å². The van der Waals surface area contributed by atoms with Crippen LogP contribution in [-0.2, 0) is 13.1 Å². The summed E-state index contributed by atoms with van der Waals surface area (Å²) in [5.74, 6) is 0.785. The van der Waals surface area contributed by atoms with Crippen molar-refractivity contribution in [1.82, 2.24) is 20.1 Å². The molecule has 0 atom stereocenters. The average molecular weight is 272 g/mol. The summed E-state index contributed by atoms with van der Waals surface area (Å²) in [6.45, 7) is 2.34. The summed E-state index contributed by atoms with van der Waals surface area (Å²) in [5.41, 5.74) is 8.16. The van der Waals surface area contributed by atoms with E-state index in [4.69, 9.17) is 5.73 Å². The van der Waals surface area contributed by atoms with Crippen molar-refractivity contribution >= 4 is 17.3 Å². The Kier molecular flexibility index (Phi) is 3.02. The lowest BCUT2D eigenvalue weighted by atomic mass is 10.1. The number of carbonyl (C=O) groups excluding carboxylic acids is 1. The van der Waals surface area contributed by atoms with Crippen molar-refractivity contribution < 1.29 is 4.79 Å². The van der Waals surface area contributed by atoms with Crippen LogP contribution in [0.3, 0.4) is 0 Å². The number of hydrogen-bond acceptors (Lipinski definition) is 5. The molecule has 1 aromatic heterocycles. The number of benzene rings is 1. The lowest BCUT2D eigenvalue weighted by Gasteiger charge is -2.30. The third-order valence-corrected chi connectivity index (χ3v) is 3.50. The maximum absolute atomic E-state index is 11.6. The number of aromatic nitrogens is 3. The fourth-order valence-electron chi connectivity index (χ4n) is 2.40. The van der Waals surface area contributed by atoms with Crippen LogP contribution < -0.4 is 16.0 Å². The largest absolute Gasteiger partial charge is 0.397 e. The Morgan fingerprint density at radius 1 is 1.40 bits per heavy atom. The Labute approximate surface area is 116 Å². The fourth-order valence-corrected chi connectivity index (χ4v) is 2.40. The molecule has 1 aromatic carbocycles. The van der Waals surface area contributed by atoms with E-state index in [2.05, 4.69) is 20.4 Å². The average Bonchev–Trinajstić information content (AvgIpc) is 2.93. The van der Waals surface area contributed by atoms with Gasteiger partial charge in [-0.1, -0.05) is 0 Å². The number of nitrogens with two attached hydrogens (primary N) is 1. The number of nitrogen functional groups attached to an aromatic ring is 1. The number of amides is 1. The molecule has 1 aliphatic rings. The lowest BCUT2D eigenvalue weighted by Crippen LogP contribution is -2.34. The Morgan fingerprint density at radius 3 is 3.00 bits per heavy atom. The zero-order chi connectivity index (χ0) is 14.1. The fraction of sp³-hybridized carbons (Fsp3) is 0.308. The zero-order valence-corrected chi connectivity index (χ0v) is 11.2. The van der Waals surface area contributed by atoms with Crippen LogP contribution in [0.1, 0.15) is 16.2 Å². The van der Waals surface area contributed by atoms with Gasteiger partial charge in [0.15, 0.2) is 5.82 Å². The van der Waals surface area contributed by atoms with Crippen LogP contribution in [0.4, 0.5) is 11.4 Å². The maximum atomic E-state index is 11.6. The highest BCUT2D eigenvalue weighted by molar-refractivity contribution is 5.96. The van der Waals surface area contributed by atoms with Gasteiger partial charge in [0.1, 0.15) is 6.33 Å². The first kappa shape index (κ1) is 12.5. The van der Waals surface area contributed by atoms with Gasteiger partial charge in [-0.3, -0.25) is 4.79 Å². The molecule has 1 amide bonds. The first-order valence-electron chi connectivity index (χ1n) is 6.42. The SMILES string of the molecule is CNC(=O)c1ccc(N2CCn3cnnc3C2)c(N)c1. The van der Waals surface area contributed by atoms with Gasteiger partial charge < -0.3 is 20.5 Å². The predicted molar refractivity (Wildman–Crippen MR) is 75.3 cm³/mol. The summed E-state index contributed by atoms with van der Waals surface area (Å²) in [4.78, 5) is 13.7. The van der Waals surface area contributed by atoms with E-state index >= 15 is 0 Å². The normalized spacial score (nSPS) is 13.9. The molecular formula is C13H16N6O. The number of carbonyl (C=O) groups is 1. The van der Waals surface area contributed by atoms with Crippen LogP contribution in [-0.4, -0.2) is 34.3 Å². The van der Waals surface area contributed by atoms with Gasteiger partial charge in [0.25, 0.3) is 5.91 Å². The number of hydrogen-bond donors (Lipinski definition) is 2. The molecule has 7 heteroatoms. The molecule has 0 bridgehead atoms.